The van der Waals surface area contributed by atoms with Gasteiger partial charge in [-0.15, -0.1) is 22.7 Å². The fourth-order valence-corrected chi connectivity index (χ4v) is 3.82. The van der Waals surface area contributed by atoms with Crippen LogP contribution in [0, 0.1) is 0 Å². The first-order valence-electron chi connectivity index (χ1n) is 6.69. The lowest BCUT2D eigenvalue weighted by molar-refractivity contribution is -0.138. The van der Waals surface area contributed by atoms with Crippen molar-refractivity contribution in [1.29, 1.82) is 0 Å². The maximum absolute atomic E-state index is 12.6. The van der Waals surface area contributed by atoms with Crippen LogP contribution in [0.4, 0.5) is 13.2 Å². The third kappa shape index (κ3) is 3.49. The summed E-state index contributed by atoms with van der Waals surface area (Å²) in [5.74, 6) is -0.900. The second-order valence-electron chi connectivity index (χ2n) is 4.88. The summed E-state index contributed by atoms with van der Waals surface area (Å²) in [6.45, 7) is -1.95. The van der Waals surface area contributed by atoms with Gasteiger partial charge in [0.05, 0.1) is 11.7 Å². The quantitative estimate of drug-likeness (QED) is 0.765. The zero-order valence-corrected chi connectivity index (χ0v) is 13.6. The van der Waals surface area contributed by atoms with Crippen molar-refractivity contribution in [1.82, 2.24) is 14.9 Å². The first-order chi connectivity index (χ1) is 11.3. The lowest BCUT2D eigenvalue weighted by Gasteiger charge is -2.09. The number of thiophene rings is 2. The molecule has 3 rings (SSSR count). The Balaban J connectivity index is 1.90. The number of alkyl halides is 3. The van der Waals surface area contributed by atoms with Crippen LogP contribution in [0.25, 0.3) is 20.7 Å². The van der Waals surface area contributed by atoms with Crippen molar-refractivity contribution < 1.29 is 18.0 Å². The van der Waals surface area contributed by atoms with Crippen molar-refractivity contribution in [3.05, 3.63) is 39.6 Å². The Morgan fingerprint density at radius 3 is 2.79 bits per heavy atom. The molecular formula is C14H10F3N3O2S2. The van der Waals surface area contributed by atoms with E-state index in [0.717, 1.165) is 9.44 Å². The van der Waals surface area contributed by atoms with Crippen LogP contribution in [-0.4, -0.2) is 28.2 Å². The molecule has 0 radical (unpaired) electrons. The zero-order chi connectivity index (χ0) is 17.3. The average Bonchev–Trinajstić information content (AvgIpc) is 3.16. The molecule has 3 aromatic heterocycles. The Morgan fingerprint density at radius 1 is 1.33 bits per heavy atom. The van der Waals surface area contributed by atoms with Crippen LogP contribution in [0.3, 0.4) is 0 Å². The predicted octanol–water partition coefficient (Wildman–Crippen LogP) is 2.87. The minimum Gasteiger partial charge on any atom is -0.345 e. The average molecular weight is 373 g/mol. The number of amides is 1. The van der Waals surface area contributed by atoms with E-state index >= 15 is 0 Å². The fourth-order valence-electron chi connectivity index (χ4n) is 2.10. The molecule has 0 aliphatic carbocycles. The number of aromatic nitrogens is 2. The van der Waals surface area contributed by atoms with E-state index in [2.05, 4.69) is 4.98 Å². The number of carbonyl (C=O) groups is 1. The van der Waals surface area contributed by atoms with Gasteiger partial charge in [0.25, 0.3) is 5.56 Å². The van der Waals surface area contributed by atoms with Gasteiger partial charge < -0.3 is 5.32 Å². The highest BCUT2D eigenvalue weighted by atomic mass is 32.1. The van der Waals surface area contributed by atoms with Gasteiger partial charge >= 0.3 is 6.18 Å². The lowest BCUT2D eigenvalue weighted by atomic mass is 10.2. The number of nitrogens with one attached hydrogen (secondary N) is 1. The molecule has 0 unspecified atom stereocenters. The Morgan fingerprint density at radius 2 is 2.12 bits per heavy atom. The maximum atomic E-state index is 12.6. The molecule has 0 saturated heterocycles. The normalized spacial score (nSPS) is 11.8. The number of carbonyl (C=O) groups excluding carboxylic acids is 1. The molecule has 0 atom stereocenters. The van der Waals surface area contributed by atoms with Crippen molar-refractivity contribution in [2.75, 3.05) is 6.54 Å². The highest BCUT2D eigenvalue weighted by Gasteiger charge is 2.27. The third-order valence-corrected chi connectivity index (χ3v) is 4.94. The number of halogens is 3. The first-order valence-corrected chi connectivity index (χ1v) is 8.45. The molecule has 0 aliphatic rings. The molecule has 3 aromatic rings. The Labute approximate surface area is 141 Å². The van der Waals surface area contributed by atoms with E-state index < -0.39 is 30.7 Å². The Bertz CT molecular complexity index is 929. The van der Waals surface area contributed by atoms with Crippen LogP contribution in [0.5, 0.6) is 0 Å². The number of fused-ring (bicyclic) bond motifs is 1. The number of hydrogen-bond acceptors (Lipinski definition) is 5. The molecule has 0 aliphatic heterocycles. The molecular weight excluding hydrogens is 363 g/mol. The number of rotatable bonds is 4. The van der Waals surface area contributed by atoms with Gasteiger partial charge in [-0.2, -0.15) is 13.2 Å². The highest BCUT2D eigenvalue weighted by molar-refractivity contribution is 7.18. The molecule has 0 fully saturated rings. The standard InChI is InChI=1S/C14H10F3N3O2S2/c15-14(16,17)6-18-10(21)4-20-7-19-12-11(13(20)22)8(5-24-12)9-2-1-3-23-9/h1-3,5,7H,4,6H2,(H,18,21). The van der Waals surface area contributed by atoms with Crippen molar-refractivity contribution in [2.24, 2.45) is 0 Å². The summed E-state index contributed by atoms with van der Waals surface area (Å²) in [6.07, 6.45) is -3.32. The molecule has 126 valence electrons. The SMILES string of the molecule is O=C(Cn1cnc2scc(-c3cccs3)c2c1=O)NCC(F)(F)F. The van der Waals surface area contributed by atoms with Crippen LogP contribution in [0.1, 0.15) is 0 Å². The molecule has 0 bridgehead atoms. The van der Waals surface area contributed by atoms with Crippen LogP contribution < -0.4 is 10.9 Å². The molecule has 0 saturated carbocycles. The lowest BCUT2D eigenvalue weighted by Crippen LogP contribution is -2.37. The summed E-state index contributed by atoms with van der Waals surface area (Å²) < 4.78 is 37.4. The van der Waals surface area contributed by atoms with Gasteiger partial charge in [0.2, 0.25) is 5.91 Å². The summed E-state index contributed by atoms with van der Waals surface area (Å²) in [4.78, 5) is 29.7. The van der Waals surface area contributed by atoms with Gasteiger partial charge in [-0.25, -0.2) is 4.98 Å². The molecule has 1 amide bonds. The summed E-state index contributed by atoms with van der Waals surface area (Å²) in [5.41, 5.74) is 0.263. The van der Waals surface area contributed by atoms with Crippen molar-refractivity contribution >= 4 is 38.8 Å². The molecule has 3 heterocycles. The monoisotopic (exact) mass is 373 g/mol. The van der Waals surface area contributed by atoms with Gasteiger partial charge in [-0.3, -0.25) is 14.2 Å². The Kier molecular flexibility index (Phi) is 4.41. The predicted molar refractivity (Wildman–Crippen MR) is 86.3 cm³/mol. The minimum atomic E-state index is -4.50. The molecule has 5 nitrogen and oxygen atoms in total. The highest BCUT2D eigenvalue weighted by Crippen LogP contribution is 2.33. The number of nitrogens with zero attached hydrogens (tertiary/aromatic N) is 2. The zero-order valence-electron chi connectivity index (χ0n) is 12.0. The minimum absolute atomic E-state index is 0.369. The second-order valence-corrected chi connectivity index (χ2v) is 6.68. The van der Waals surface area contributed by atoms with E-state index in [1.165, 1.54) is 29.0 Å². The van der Waals surface area contributed by atoms with E-state index in [-0.39, 0.29) is 0 Å². The van der Waals surface area contributed by atoms with E-state index in [9.17, 15) is 22.8 Å². The second kappa shape index (κ2) is 6.36. The van der Waals surface area contributed by atoms with Crippen LogP contribution in [0.2, 0.25) is 0 Å². The van der Waals surface area contributed by atoms with Crippen LogP contribution in [0.15, 0.2) is 34.0 Å². The van der Waals surface area contributed by atoms with Crippen LogP contribution >= 0.6 is 22.7 Å². The Hall–Kier alpha value is -2.20. The van der Waals surface area contributed by atoms with E-state index in [4.69, 9.17) is 0 Å². The summed E-state index contributed by atoms with van der Waals surface area (Å²) in [6, 6.07) is 3.71. The smallest absolute Gasteiger partial charge is 0.345 e. The van der Waals surface area contributed by atoms with Crippen molar-refractivity contribution in [2.45, 2.75) is 12.7 Å². The van der Waals surface area contributed by atoms with Gasteiger partial charge in [-0.1, -0.05) is 6.07 Å². The topological polar surface area (TPSA) is 64.0 Å². The maximum Gasteiger partial charge on any atom is 0.405 e. The largest absolute Gasteiger partial charge is 0.405 e. The molecule has 1 N–H and O–H groups in total. The first kappa shape index (κ1) is 16.7. The summed E-state index contributed by atoms with van der Waals surface area (Å²) in [5, 5.41) is 5.78. The molecule has 0 spiro atoms. The van der Waals surface area contributed by atoms with Crippen molar-refractivity contribution in [3.8, 4) is 10.4 Å². The third-order valence-electron chi connectivity index (χ3n) is 3.15. The van der Waals surface area contributed by atoms with Gasteiger partial charge in [-0.05, 0) is 11.4 Å². The summed E-state index contributed by atoms with van der Waals surface area (Å²) in [7, 11) is 0. The van der Waals surface area contributed by atoms with E-state index in [1.807, 2.05) is 17.5 Å². The van der Waals surface area contributed by atoms with Crippen LogP contribution in [-0.2, 0) is 11.3 Å². The van der Waals surface area contributed by atoms with E-state index in [1.54, 1.807) is 10.7 Å². The van der Waals surface area contributed by atoms with Gasteiger partial charge in [0.15, 0.2) is 0 Å². The summed E-state index contributed by atoms with van der Waals surface area (Å²) >= 11 is 2.76. The van der Waals surface area contributed by atoms with Crippen molar-refractivity contribution in [3.63, 3.8) is 0 Å². The van der Waals surface area contributed by atoms with Gasteiger partial charge in [0, 0.05) is 15.8 Å². The fraction of sp³-hybridized carbons (Fsp3) is 0.214. The molecule has 24 heavy (non-hydrogen) atoms. The molecule has 0 aromatic carbocycles. The van der Waals surface area contributed by atoms with Gasteiger partial charge in [0.1, 0.15) is 17.9 Å². The number of hydrogen-bond donors (Lipinski definition) is 1. The molecule has 10 heteroatoms. The van der Waals surface area contributed by atoms with E-state index in [0.29, 0.717) is 15.8 Å².